The van der Waals surface area contributed by atoms with Crippen molar-refractivity contribution in [1.29, 1.82) is 0 Å². The molecule has 0 aliphatic heterocycles. The Morgan fingerprint density at radius 1 is 1.03 bits per heavy atom. The minimum absolute atomic E-state index is 0.0444. The maximum atomic E-state index is 12.7. The van der Waals surface area contributed by atoms with Crippen LogP contribution >= 0.6 is 0 Å². The molecule has 0 saturated heterocycles. The van der Waals surface area contributed by atoms with Gasteiger partial charge in [0.25, 0.3) is 0 Å². The summed E-state index contributed by atoms with van der Waals surface area (Å²) in [5.41, 5.74) is 2.51. The third-order valence-electron chi connectivity index (χ3n) is 4.54. The normalized spacial score (nSPS) is 11.6. The molecule has 0 aliphatic carbocycles. The summed E-state index contributed by atoms with van der Waals surface area (Å²) in [5, 5.41) is 0. The van der Waals surface area contributed by atoms with Crippen molar-refractivity contribution < 1.29 is 13.2 Å². The van der Waals surface area contributed by atoms with Crippen molar-refractivity contribution in [3.05, 3.63) is 84.3 Å². The number of nitrogens with zero attached hydrogens (tertiary/aromatic N) is 3. The lowest BCUT2D eigenvalue weighted by atomic mass is 10.2. The molecule has 2 heterocycles. The van der Waals surface area contributed by atoms with Crippen LogP contribution in [0.4, 0.5) is 0 Å². The van der Waals surface area contributed by atoms with Crippen LogP contribution in [0.5, 0.6) is 5.75 Å². The molecule has 0 saturated carbocycles. The SMILES string of the molecule is COc1cccc(S(=O)(=O)NCc2nc3cccnc3n2Cc2ccccc2)c1. The van der Waals surface area contributed by atoms with E-state index >= 15 is 0 Å². The summed E-state index contributed by atoms with van der Waals surface area (Å²) in [6.07, 6.45) is 1.70. The van der Waals surface area contributed by atoms with E-state index in [1.54, 1.807) is 18.3 Å². The molecule has 7 nitrogen and oxygen atoms in total. The zero-order valence-electron chi connectivity index (χ0n) is 15.8. The molecular weight excluding hydrogens is 388 g/mol. The summed E-state index contributed by atoms with van der Waals surface area (Å²) < 4.78 is 35.2. The molecule has 8 heteroatoms. The zero-order valence-corrected chi connectivity index (χ0v) is 16.6. The molecule has 2 aromatic carbocycles. The fourth-order valence-corrected chi connectivity index (χ4v) is 4.10. The molecule has 4 rings (SSSR count). The number of ether oxygens (including phenoxy) is 1. The van der Waals surface area contributed by atoms with E-state index in [1.165, 1.54) is 19.2 Å². The molecule has 0 atom stereocenters. The first-order valence-electron chi connectivity index (χ1n) is 9.04. The number of imidazole rings is 1. The van der Waals surface area contributed by atoms with Crippen LogP contribution in [-0.4, -0.2) is 30.1 Å². The van der Waals surface area contributed by atoms with Gasteiger partial charge in [0.15, 0.2) is 5.65 Å². The third-order valence-corrected chi connectivity index (χ3v) is 5.94. The van der Waals surface area contributed by atoms with E-state index in [2.05, 4.69) is 14.7 Å². The monoisotopic (exact) mass is 408 g/mol. The number of hydrogen-bond acceptors (Lipinski definition) is 5. The second kappa shape index (κ2) is 8.02. The Labute approximate surface area is 169 Å². The minimum atomic E-state index is -3.72. The van der Waals surface area contributed by atoms with E-state index in [-0.39, 0.29) is 11.4 Å². The molecule has 148 valence electrons. The van der Waals surface area contributed by atoms with Gasteiger partial charge in [-0.15, -0.1) is 0 Å². The number of hydrogen-bond donors (Lipinski definition) is 1. The van der Waals surface area contributed by atoms with Crippen molar-refractivity contribution in [2.24, 2.45) is 0 Å². The Balaban J connectivity index is 1.64. The fourth-order valence-electron chi connectivity index (χ4n) is 3.08. The molecule has 2 aromatic heterocycles. The Morgan fingerprint density at radius 2 is 1.86 bits per heavy atom. The molecular formula is C21H20N4O3S. The van der Waals surface area contributed by atoms with Crippen molar-refractivity contribution in [3.8, 4) is 5.75 Å². The smallest absolute Gasteiger partial charge is 0.241 e. The predicted octanol–water partition coefficient (Wildman–Crippen LogP) is 2.97. The third kappa shape index (κ3) is 4.13. The van der Waals surface area contributed by atoms with E-state index in [9.17, 15) is 8.42 Å². The van der Waals surface area contributed by atoms with E-state index in [0.29, 0.717) is 23.8 Å². The maximum Gasteiger partial charge on any atom is 0.241 e. The van der Waals surface area contributed by atoms with Crippen molar-refractivity contribution in [2.75, 3.05) is 7.11 Å². The van der Waals surface area contributed by atoms with Gasteiger partial charge in [0.05, 0.1) is 25.1 Å². The Kier molecular flexibility index (Phi) is 5.28. The molecule has 0 amide bonds. The van der Waals surface area contributed by atoms with Gasteiger partial charge < -0.3 is 9.30 Å². The van der Waals surface area contributed by atoms with E-state index < -0.39 is 10.0 Å². The van der Waals surface area contributed by atoms with Crippen molar-refractivity contribution in [2.45, 2.75) is 18.0 Å². The van der Waals surface area contributed by atoms with Crippen LogP contribution in [0.25, 0.3) is 11.2 Å². The van der Waals surface area contributed by atoms with Crippen LogP contribution in [0.3, 0.4) is 0 Å². The highest BCUT2D eigenvalue weighted by Crippen LogP contribution is 2.19. The van der Waals surface area contributed by atoms with Crippen molar-refractivity contribution >= 4 is 21.2 Å². The average Bonchev–Trinajstić information content (AvgIpc) is 3.10. The van der Waals surface area contributed by atoms with Gasteiger partial charge in [-0.2, -0.15) is 0 Å². The summed E-state index contributed by atoms with van der Waals surface area (Å²) in [6.45, 7) is 0.591. The lowest BCUT2D eigenvalue weighted by molar-refractivity contribution is 0.413. The van der Waals surface area contributed by atoms with Gasteiger partial charge >= 0.3 is 0 Å². The predicted molar refractivity (Wildman–Crippen MR) is 110 cm³/mol. The van der Waals surface area contributed by atoms with Gasteiger partial charge in [-0.3, -0.25) is 0 Å². The molecule has 29 heavy (non-hydrogen) atoms. The second-order valence-corrected chi connectivity index (χ2v) is 8.22. The first-order chi connectivity index (χ1) is 14.1. The van der Waals surface area contributed by atoms with Crippen LogP contribution in [0.2, 0.25) is 0 Å². The average molecular weight is 408 g/mol. The van der Waals surface area contributed by atoms with E-state index in [0.717, 1.165) is 11.1 Å². The largest absolute Gasteiger partial charge is 0.497 e. The summed E-state index contributed by atoms with van der Waals surface area (Å²) in [5.74, 6) is 1.07. The highest BCUT2D eigenvalue weighted by Gasteiger charge is 2.18. The zero-order chi connectivity index (χ0) is 20.3. The van der Waals surface area contributed by atoms with Gasteiger partial charge in [0, 0.05) is 12.3 Å². The summed E-state index contributed by atoms with van der Waals surface area (Å²) in [4.78, 5) is 9.16. The second-order valence-electron chi connectivity index (χ2n) is 6.45. The van der Waals surface area contributed by atoms with Gasteiger partial charge in [0.1, 0.15) is 17.1 Å². The lowest BCUT2D eigenvalue weighted by Crippen LogP contribution is -2.25. The Morgan fingerprint density at radius 3 is 2.66 bits per heavy atom. The molecule has 0 bridgehead atoms. The number of fused-ring (bicyclic) bond motifs is 1. The Bertz CT molecular complexity index is 1240. The van der Waals surface area contributed by atoms with Crippen LogP contribution in [0, 0.1) is 0 Å². The molecule has 0 aliphatic rings. The molecule has 0 unspecified atom stereocenters. The van der Waals surface area contributed by atoms with Crippen molar-refractivity contribution in [1.82, 2.24) is 19.3 Å². The number of pyridine rings is 1. The number of methoxy groups -OCH3 is 1. The number of benzene rings is 2. The van der Waals surface area contributed by atoms with Gasteiger partial charge in [-0.05, 0) is 29.8 Å². The number of rotatable bonds is 7. The Hall–Kier alpha value is -3.23. The highest BCUT2D eigenvalue weighted by atomic mass is 32.2. The molecule has 0 fully saturated rings. The number of sulfonamides is 1. The standard InChI is InChI=1S/C21H20N4O3S/c1-28-17-9-5-10-18(13-17)29(26,27)23-14-20-24-19-11-6-12-22-21(19)25(20)15-16-7-3-2-4-8-16/h2-13,23H,14-15H2,1H3. The maximum absolute atomic E-state index is 12.7. The van der Waals surface area contributed by atoms with Gasteiger partial charge in [0.2, 0.25) is 10.0 Å². The summed E-state index contributed by atoms with van der Waals surface area (Å²) in [7, 11) is -2.22. The van der Waals surface area contributed by atoms with Gasteiger partial charge in [-0.25, -0.2) is 23.1 Å². The minimum Gasteiger partial charge on any atom is -0.497 e. The first-order valence-corrected chi connectivity index (χ1v) is 10.5. The van der Waals surface area contributed by atoms with Crippen LogP contribution in [0.1, 0.15) is 11.4 Å². The van der Waals surface area contributed by atoms with Crippen LogP contribution < -0.4 is 9.46 Å². The van der Waals surface area contributed by atoms with E-state index in [1.807, 2.05) is 47.0 Å². The first kappa shape index (κ1) is 19.1. The quantitative estimate of drug-likeness (QED) is 0.508. The van der Waals surface area contributed by atoms with Crippen LogP contribution in [0.15, 0.2) is 77.8 Å². The van der Waals surface area contributed by atoms with E-state index in [4.69, 9.17) is 4.74 Å². The topological polar surface area (TPSA) is 86.1 Å². The number of aromatic nitrogens is 3. The van der Waals surface area contributed by atoms with Gasteiger partial charge in [-0.1, -0.05) is 36.4 Å². The molecule has 0 spiro atoms. The molecule has 0 radical (unpaired) electrons. The molecule has 1 N–H and O–H groups in total. The van der Waals surface area contributed by atoms with Crippen molar-refractivity contribution in [3.63, 3.8) is 0 Å². The summed E-state index contributed by atoms with van der Waals surface area (Å²) in [6, 6.07) is 19.9. The summed E-state index contributed by atoms with van der Waals surface area (Å²) >= 11 is 0. The lowest BCUT2D eigenvalue weighted by Gasteiger charge is -2.11. The highest BCUT2D eigenvalue weighted by molar-refractivity contribution is 7.89. The fraction of sp³-hybridized carbons (Fsp3) is 0.143. The van der Waals surface area contributed by atoms with Crippen LogP contribution in [-0.2, 0) is 23.1 Å². The molecule has 4 aromatic rings. The number of nitrogens with one attached hydrogen (secondary N) is 1.